The van der Waals surface area contributed by atoms with Crippen LogP contribution in [0.25, 0.3) is 10.8 Å². The number of hydrogen-bond donors (Lipinski definition) is 0. The van der Waals surface area contributed by atoms with Crippen LogP contribution in [0.15, 0.2) is 120 Å². The van der Waals surface area contributed by atoms with Gasteiger partial charge < -0.3 is 4.90 Å². The fourth-order valence-electron chi connectivity index (χ4n) is 4.68. The molecule has 0 bridgehead atoms. The van der Waals surface area contributed by atoms with Gasteiger partial charge in [-0.25, -0.2) is 0 Å². The number of aryl methyl sites for hydroxylation is 1. The number of nitrogens with zero attached hydrogens (tertiary/aromatic N) is 2. The molecule has 0 saturated heterocycles. The predicted octanol–water partition coefficient (Wildman–Crippen LogP) is 7.97. The summed E-state index contributed by atoms with van der Waals surface area (Å²) in [6.45, 7) is 2.89. The van der Waals surface area contributed by atoms with Crippen LogP contribution < -0.4 is 4.90 Å². The van der Waals surface area contributed by atoms with Gasteiger partial charge in [-0.05, 0) is 71.8 Å². The van der Waals surface area contributed by atoms with E-state index in [4.69, 9.17) is 4.99 Å². The quantitative estimate of drug-likeness (QED) is 0.286. The summed E-state index contributed by atoms with van der Waals surface area (Å²) in [7, 11) is 0. The minimum absolute atomic E-state index is 0.746. The van der Waals surface area contributed by atoms with Crippen molar-refractivity contribution in [3.05, 3.63) is 138 Å². The molecule has 33 heavy (non-hydrogen) atoms. The minimum atomic E-state index is 0.746. The Morgan fingerprint density at radius 1 is 0.606 bits per heavy atom. The van der Waals surface area contributed by atoms with E-state index in [1.807, 2.05) is 0 Å². The molecule has 0 N–H and O–H groups in total. The standard InChI is InChI=1S/C31H24N2/c1-22-12-13-24-20-30-26(19-25(24)18-22)21-32-31(30)23-14-16-29(17-15-23)33(27-8-4-2-5-9-27)28-10-6-3-7-11-28/h2-20H,21H2,1H3. The third kappa shape index (κ3) is 3.60. The first-order valence-electron chi connectivity index (χ1n) is 11.3. The Morgan fingerprint density at radius 2 is 1.24 bits per heavy atom. The Balaban J connectivity index is 1.38. The van der Waals surface area contributed by atoms with E-state index in [1.54, 1.807) is 0 Å². The maximum atomic E-state index is 4.91. The number of para-hydroxylation sites is 2. The summed E-state index contributed by atoms with van der Waals surface area (Å²) in [5.41, 5.74) is 9.51. The zero-order chi connectivity index (χ0) is 22.2. The monoisotopic (exact) mass is 424 g/mol. The molecule has 0 aliphatic carbocycles. The number of aliphatic imine (C=N–C) groups is 1. The Kier molecular flexibility index (Phi) is 4.77. The molecular formula is C31H24N2. The smallest absolute Gasteiger partial charge is 0.0726 e. The fraction of sp³-hybridized carbons (Fsp3) is 0.0645. The SMILES string of the molecule is Cc1ccc2cc3c(cc2c1)CN=C3c1ccc(N(c2ccccc2)c2ccccc2)cc1. The summed E-state index contributed by atoms with van der Waals surface area (Å²) >= 11 is 0. The molecule has 1 aliphatic heterocycles. The van der Waals surface area contributed by atoms with E-state index in [-0.39, 0.29) is 0 Å². The molecule has 0 atom stereocenters. The molecule has 0 unspecified atom stereocenters. The van der Waals surface area contributed by atoms with Crippen molar-refractivity contribution in [3.8, 4) is 0 Å². The van der Waals surface area contributed by atoms with Gasteiger partial charge in [-0.15, -0.1) is 0 Å². The van der Waals surface area contributed by atoms with Crippen LogP contribution in [0, 0.1) is 6.92 Å². The van der Waals surface area contributed by atoms with Crippen molar-refractivity contribution in [1.29, 1.82) is 0 Å². The molecule has 158 valence electrons. The van der Waals surface area contributed by atoms with Gasteiger partial charge in [0.15, 0.2) is 0 Å². The van der Waals surface area contributed by atoms with Crippen LogP contribution in [0.3, 0.4) is 0 Å². The minimum Gasteiger partial charge on any atom is -0.311 e. The lowest BCUT2D eigenvalue weighted by atomic mass is 9.95. The Labute approximate surface area is 194 Å². The molecule has 1 aliphatic rings. The molecule has 1 heterocycles. The van der Waals surface area contributed by atoms with Gasteiger partial charge in [-0.1, -0.05) is 72.3 Å². The second-order valence-electron chi connectivity index (χ2n) is 8.58. The van der Waals surface area contributed by atoms with E-state index in [1.165, 1.54) is 27.5 Å². The van der Waals surface area contributed by atoms with Gasteiger partial charge in [0.1, 0.15) is 0 Å². The molecule has 0 saturated carbocycles. The van der Waals surface area contributed by atoms with Crippen LogP contribution in [-0.2, 0) is 6.54 Å². The third-order valence-corrected chi connectivity index (χ3v) is 6.31. The normalized spacial score (nSPS) is 12.5. The van der Waals surface area contributed by atoms with E-state index < -0.39 is 0 Å². The Hall–Kier alpha value is -4.17. The van der Waals surface area contributed by atoms with Crippen LogP contribution in [0.1, 0.15) is 22.3 Å². The van der Waals surface area contributed by atoms with Crippen molar-refractivity contribution in [1.82, 2.24) is 0 Å². The second kappa shape index (κ2) is 8.07. The first-order valence-corrected chi connectivity index (χ1v) is 11.3. The Morgan fingerprint density at radius 3 is 1.91 bits per heavy atom. The fourth-order valence-corrected chi connectivity index (χ4v) is 4.68. The summed E-state index contributed by atoms with van der Waals surface area (Å²) in [4.78, 5) is 7.20. The van der Waals surface area contributed by atoms with E-state index in [0.29, 0.717) is 0 Å². The molecule has 2 nitrogen and oxygen atoms in total. The van der Waals surface area contributed by atoms with Gasteiger partial charge >= 0.3 is 0 Å². The maximum absolute atomic E-state index is 4.91. The molecule has 0 amide bonds. The summed E-state index contributed by atoms with van der Waals surface area (Å²) in [5.74, 6) is 0. The van der Waals surface area contributed by atoms with Crippen LogP contribution in [0.5, 0.6) is 0 Å². The van der Waals surface area contributed by atoms with Gasteiger partial charge in [0.25, 0.3) is 0 Å². The number of anilines is 3. The lowest BCUT2D eigenvalue weighted by molar-refractivity contribution is 1.11. The van der Waals surface area contributed by atoms with Gasteiger partial charge in [0, 0.05) is 28.2 Å². The largest absolute Gasteiger partial charge is 0.311 e. The van der Waals surface area contributed by atoms with Gasteiger partial charge in [-0.3, -0.25) is 4.99 Å². The van der Waals surface area contributed by atoms with E-state index in [9.17, 15) is 0 Å². The molecule has 0 aromatic heterocycles. The highest BCUT2D eigenvalue weighted by Crippen LogP contribution is 2.35. The molecule has 0 fully saturated rings. The summed E-state index contributed by atoms with van der Waals surface area (Å²) < 4.78 is 0. The van der Waals surface area contributed by atoms with Gasteiger partial charge in [0.05, 0.1) is 12.3 Å². The highest BCUT2D eigenvalue weighted by molar-refractivity contribution is 6.16. The zero-order valence-corrected chi connectivity index (χ0v) is 18.6. The molecule has 0 radical (unpaired) electrons. The first-order chi connectivity index (χ1) is 16.3. The third-order valence-electron chi connectivity index (χ3n) is 6.31. The van der Waals surface area contributed by atoms with Crippen molar-refractivity contribution in [3.63, 3.8) is 0 Å². The van der Waals surface area contributed by atoms with E-state index >= 15 is 0 Å². The first kappa shape index (κ1) is 19.5. The van der Waals surface area contributed by atoms with Crippen LogP contribution in [-0.4, -0.2) is 5.71 Å². The number of rotatable bonds is 4. The number of benzene rings is 5. The molecular weight excluding hydrogens is 400 g/mol. The average Bonchev–Trinajstić information content (AvgIpc) is 3.27. The number of fused-ring (bicyclic) bond motifs is 2. The molecule has 0 spiro atoms. The van der Waals surface area contributed by atoms with E-state index in [2.05, 4.69) is 127 Å². The zero-order valence-electron chi connectivity index (χ0n) is 18.6. The average molecular weight is 425 g/mol. The van der Waals surface area contributed by atoms with Crippen molar-refractivity contribution in [2.24, 2.45) is 4.99 Å². The van der Waals surface area contributed by atoms with Gasteiger partial charge in [0.2, 0.25) is 0 Å². The topological polar surface area (TPSA) is 15.6 Å². The van der Waals surface area contributed by atoms with Crippen LogP contribution in [0.2, 0.25) is 0 Å². The summed E-state index contributed by atoms with van der Waals surface area (Å²) in [6, 6.07) is 41.0. The lowest BCUT2D eigenvalue weighted by Crippen LogP contribution is -2.10. The predicted molar refractivity (Wildman–Crippen MR) is 139 cm³/mol. The molecule has 5 aromatic carbocycles. The highest BCUT2D eigenvalue weighted by atomic mass is 15.1. The van der Waals surface area contributed by atoms with Crippen LogP contribution >= 0.6 is 0 Å². The van der Waals surface area contributed by atoms with Crippen molar-refractivity contribution in [2.75, 3.05) is 4.90 Å². The number of hydrogen-bond acceptors (Lipinski definition) is 2. The van der Waals surface area contributed by atoms with Crippen molar-refractivity contribution >= 4 is 33.5 Å². The summed E-state index contributed by atoms with van der Waals surface area (Å²) in [5, 5.41) is 2.56. The highest BCUT2D eigenvalue weighted by Gasteiger charge is 2.19. The molecule has 2 heteroatoms. The maximum Gasteiger partial charge on any atom is 0.0726 e. The van der Waals surface area contributed by atoms with Gasteiger partial charge in [-0.2, -0.15) is 0 Å². The van der Waals surface area contributed by atoms with Crippen molar-refractivity contribution < 1.29 is 0 Å². The second-order valence-corrected chi connectivity index (χ2v) is 8.58. The van der Waals surface area contributed by atoms with Crippen molar-refractivity contribution in [2.45, 2.75) is 13.5 Å². The Bertz CT molecular complexity index is 1430. The molecule has 6 rings (SSSR count). The molecule has 5 aromatic rings. The van der Waals surface area contributed by atoms with Crippen LogP contribution in [0.4, 0.5) is 17.1 Å². The summed E-state index contributed by atoms with van der Waals surface area (Å²) in [6.07, 6.45) is 0. The van der Waals surface area contributed by atoms with E-state index in [0.717, 1.165) is 34.9 Å². The lowest BCUT2D eigenvalue weighted by Gasteiger charge is -2.25.